The molecule has 3 rings (SSSR count). The van der Waals surface area contributed by atoms with Crippen molar-refractivity contribution < 1.29 is 19.4 Å². The van der Waals surface area contributed by atoms with Crippen molar-refractivity contribution in [1.29, 1.82) is 0 Å². The summed E-state index contributed by atoms with van der Waals surface area (Å²) in [5.41, 5.74) is 1.61. The summed E-state index contributed by atoms with van der Waals surface area (Å²) in [4.78, 5) is 29.0. The Labute approximate surface area is 156 Å². The maximum Gasteiger partial charge on any atom is 0.253 e. The fourth-order valence-corrected chi connectivity index (χ4v) is 2.53. The summed E-state index contributed by atoms with van der Waals surface area (Å²) in [6.07, 6.45) is 1.44. The minimum Gasteiger partial charge on any atom is -0.497 e. The molecule has 27 heavy (non-hydrogen) atoms. The number of nitrogens with zero attached hydrogens (tertiary/aromatic N) is 1. The number of ether oxygens (including phenoxy) is 1. The van der Waals surface area contributed by atoms with E-state index in [9.17, 15) is 14.7 Å². The average molecular weight is 365 g/mol. The van der Waals surface area contributed by atoms with Gasteiger partial charge in [-0.25, -0.2) is 0 Å². The highest BCUT2D eigenvalue weighted by Gasteiger charge is 2.21. The number of methoxy groups -OCH3 is 1. The van der Waals surface area contributed by atoms with Crippen molar-refractivity contribution in [3.8, 4) is 5.75 Å². The van der Waals surface area contributed by atoms with Gasteiger partial charge >= 0.3 is 0 Å². The summed E-state index contributed by atoms with van der Waals surface area (Å²) in [7, 11) is 1.55. The highest BCUT2D eigenvalue weighted by molar-refractivity contribution is 6.02. The number of hydrogen-bond donors (Lipinski definition) is 3. The molecule has 0 aliphatic heterocycles. The van der Waals surface area contributed by atoms with Crippen LogP contribution in [0.1, 0.15) is 10.4 Å². The van der Waals surface area contributed by atoms with Gasteiger partial charge in [0.25, 0.3) is 5.91 Å². The van der Waals surface area contributed by atoms with Crippen LogP contribution < -0.4 is 15.4 Å². The third kappa shape index (κ3) is 4.39. The number of rotatable bonds is 6. The van der Waals surface area contributed by atoms with Crippen LogP contribution in [0.2, 0.25) is 0 Å². The molecule has 2 aromatic carbocycles. The molecule has 138 valence electrons. The van der Waals surface area contributed by atoms with Crippen molar-refractivity contribution in [3.05, 3.63) is 66.4 Å². The maximum atomic E-state index is 12.4. The van der Waals surface area contributed by atoms with E-state index >= 15 is 0 Å². The quantitative estimate of drug-likeness (QED) is 0.620. The van der Waals surface area contributed by atoms with Crippen molar-refractivity contribution in [2.24, 2.45) is 0 Å². The number of hydrogen-bond acceptors (Lipinski definition) is 5. The molecular formula is C20H19N3O4. The molecular weight excluding hydrogens is 346 g/mol. The molecule has 3 N–H and O–H groups in total. The van der Waals surface area contributed by atoms with Gasteiger partial charge in [0.05, 0.1) is 24.8 Å². The van der Waals surface area contributed by atoms with Crippen LogP contribution in [-0.2, 0) is 4.79 Å². The van der Waals surface area contributed by atoms with Crippen LogP contribution in [0.4, 0.5) is 5.69 Å². The summed E-state index contributed by atoms with van der Waals surface area (Å²) in [5, 5.41) is 15.5. The van der Waals surface area contributed by atoms with Gasteiger partial charge in [-0.05, 0) is 36.4 Å². The highest BCUT2D eigenvalue weighted by Crippen LogP contribution is 2.15. The van der Waals surface area contributed by atoms with E-state index in [1.54, 1.807) is 37.4 Å². The topological polar surface area (TPSA) is 101 Å². The van der Waals surface area contributed by atoms with E-state index < -0.39 is 24.5 Å². The molecule has 3 aromatic rings. The zero-order chi connectivity index (χ0) is 19.2. The number of para-hydroxylation sites is 1. The number of aliphatic hydroxyl groups is 1. The number of fused-ring (bicyclic) bond motifs is 1. The molecule has 1 heterocycles. The van der Waals surface area contributed by atoms with Gasteiger partial charge in [0.2, 0.25) is 5.91 Å². The van der Waals surface area contributed by atoms with Gasteiger partial charge in [0, 0.05) is 17.3 Å². The molecule has 1 atom stereocenters. The van der Waals surface area contributed by atoms with Gasteiger partial charge in [0.15, 0.2) is 0 Å². The van der Waals surface area contributed by atoms with Crippen LogP contribution in [0.5, 0.6) is 5.75 Å². The Morgan fingerprint density at radius 3 is 2.59 bits per heavy atom. The lowest BCUT2D eigenvalue weighted by Gasteiger charge is -2.16. The number of nitrogens with one attached hydrogen (secondary N) is 2. The highest BCUT2D eigenvalue weighted by atomic mass is 16.5. The number of aliphatic hydroxyl groups excluding tert-OH is 1. The maximum absolute atomic E-state index is 12.4. The zero-order valence-electron chi connectivity index (χ0n) is 14.7. The minimum atomic E-state index is -1.09. The van der Waals surface area contributed by atoms with Crippen LogP contribution in [0.3, 0.4) is 0 Å². The van der Waals surface area contributed by atoms with E-state index in [0.717, 1.165) is 10.9 Å². The molecule has 7 heteroatoms. The normalized spacial score (nSPS) is 11.6. The summed E-state index contributed by atoms with van der Waals surface area (Å²) in [6, 6.07) is 14.7. The lowest BCUT2D eigenvalue weighted by molar-refractivity contribution is -0.118. The summed E-state index contributed by atoms with van der Waals surface area (Å²) < 4.78 is 5.06. The first-order valence-corrected chi connectivity index (χ1v) is 8.32. The Balaban J connectivity index is 1.68. The monoisotopic (exact) mass is 365 g/mol. The molecule has 0 aliphatic rings. The molecule has 0 saturated carbocycles. The van der Waals surface area contributed by atoms with Crippen LogP contribution in [-0.4, -0.2) is 41.7 Å². The lowest BCUT2D eigenvalue weighted by atomic mass is 10.1. The average Bonchev–Trinajstić information content (AvgIpc) is 2.71. The first-order valence-electron chi connectivity index (χ1n) is 8.32. The molecule has 0 bridgehead atoms. The van der Waals surface area contributed by atoms with Crippen LogP contribution in [0.25, 0.3) is 10.9 Å². The second-order valence-electron chi connectivity index (χ2n) is 5.84. The second kappa shape index (κ2) is 8.29. The fourth-order valence-electron chi connectivity index (χ4n) is 2.53. The van der Waals surface area contributed by atoms with Crippen molar-refractivity contribution in [2.75, 3.05) is 19.0 Å². The largest absolute Gasteiger partial charge is 0.497 e. The van der Waals surface area contributed by atoms with Gasteiger partial charge in [-0.2, -0.15) is 0 Å². The number of carbonyl (C=O) groups excluding carboxylic acids is 2. The predicted octanol–water partition coefficient (Wildman–Crippen LogP) is 1.97. The van der Waals surface area contributed by atoms with Gasteiger partial charge < -0.3 is 20.5 Å². The molecule has 7 nitrogen and oxygen atoms in total. The van der Waals surface area contributed by atoms with Gasteiger partial charge in [0.1, 0.15) is 11.8 Å². The minimum absolute atomic E-state index is 0.310. The second-order valence-corrected chi connectivity index (χ2v) is 5.84. The standard InChI is InChI=1S/C20H19N3O4/c1-27-16-8-6-15(7-9-16)22-20(26)18(12-24)23-19(25)14-10-13-4-2-3-5-17(13)21-11-14/h2-11,18,24H,12H2,1H3,(H,22,26)(H,23,25)/t18-/m0/s1. The number of aromatic nitrogens is 1. The number of anilines is 1. The van der Waals surface area contributed by atoms with E-state index in [4.69, 9.17) is 4.74 Å². The van der Waals surface area contributed by atoms with Gasteiger partial charge in [-0.3, -0.25) is 14.6 Å². The van der Waals surface area contributed by atoms with E-state index in [0.29, 0.717) is 17.0 Å². The van der Waals surface area contributed by atoms with Gasteiger partial charge in [-0.15, -0.1) is 0 Å². The number of benzene rings is 2. The molecule has 0 aliphatic carbocycles. The third-order valence-corrected chi connectivity index (χ3v) is 4.01. The zero-order valence-corrected chi connectivity index (χ0v) is 14.7. The summed E-state index contributed by atoms with van der Waals surface area (Å²) in [6.45, 7) is -0.533. The molecule has 0 saturated heterocycles. The van der Waals surface area contributed by atoms with E-state index in [1.165, 1.54) is 6.20 Å². The van der Waals surface area contributed by atoms with Crippen molar-refractivity contribution >= 4 is 28.4 Å². The Hall–Kier alpha value is -3.45. The first-order chi connectivity index (χ1) is 13.1. The van der Waals surface area contributed by atoms with Crippen molar-refractivity contribution in [3.63, 3.8) is 0 Å². The predicted molar refractivity (Wildman–Crippen MR) is 102 cm³/mol. The third-order valence-electron chi connectivity index (χ3n) is 4.01. The SMILES string of the molecule is COc1ccc(NC(=O)[C@H](CO)NC(=O)c2cnc3ccccc3c2)cc1. The van der Waals surface area contributed by atoms with Crippen LogP contribution in [0, 0.1) is 0 Å². The van der Waals surface area contributed by atoms with Crippen molar-refractivity contribution in [1.82, 2.24) is 10.3 Å². The Kier molecular flexibility index (Phi) is 5.63. The summed E-state index contributed by atoms with van der Waals surface area (Å²) >= 11 is 0. The molecule has 1 aromatic heterocycles. The molecule has 0 fully saturated rings. The Morgan fingerprint density at radius 2 is 1.89 bits per heavy atom. The van der Waals surface area contributed by atoms with E-state index in [1.807, 2.05) is 24.3 Å². The molecule has 2 amide bonds. The fraction of sp³-hybridized carbons (Fsp3) is 0.150. The van der Waals surface area contributed by atoms with Crippen LogP contribution >= 0.6 is 0 Å². The smallest absolute Gasteiger partial charge is 0.253 e. The summed E-state index contributed by atoms with van der Waals surface area (Å²) in [5.74, 6) is -0.356. The van der Waals surface area contributed by atoms with Crippen molar-refractivity contribution in [2.45, 2.75) is 6.04 Å². The van der Waals surface area contributed by atoms with Gasteiger partial charge in [-0.1, -0.05) is 18.2 Å². The molecule has 0 unspecified atom stereocenters. The Bertz CT molecular complexity index is 957. The number of amides is 2. The first kappa shape index (κ1) is 18.3. The number of carbonyl (C=O) groups is 2. The lowest BCUT2D eigenvalue weighted by Crippen LogP contribution is -2.46. The number of pyridine rings is 1. The van der Waals surface area contributed by atoms with E-state index in [-0.39, 0.29) is 0 Å². The van der Waals surface area contributed by atoms with E-state index in [2.05, 4.69) is 15.6 Å². The Morgan fingerprint density at radius 1 is 1.15 bits per heavy atom. The molecule has 0 spiro atoms. The molecule has 0 radical (unpaired) electrons. The van der Waals surface area contributed by atoms with Crippen LogP contribution in [0.15, 0.2) is 60.8 Å².